The van der Waals surface area contributed by atoms with Crippen LogP contribution < -0.4 is 16.2 Å². The van der Waals surface area contributed by atoms with Gasteiger partial charge in [0, 0.05) is 17.1 Å². The normalized spacial score (nSPS) is 17.0. The second-order valence-corrected chi connectivity index (χ2v) is 6.35. The fourth-order valence-electron chi connectivity index (χ4n) is 2.62. The number of nitrogens with zero attached hydrogens (tertiary/aromatic N) is 2. The van der Waals surface area contributed by atoms with E-state index in [4.69, 9.17) is 0 Å². The smallest absolute Gasteiger partial charge is 0.261 e. The number of hydrogen-bond acceptors (Lipinski definition) is 4. The summed E-state index contributed by atoms with van der Waals surface area (Å²) in [6.07, 6.45) is 3.64. The summed E-state index contributed by atoms with van der Waals surface area (Å²) in [4.78, 5) is 28.6. The number of benzene rings is 1. The summed E-state index contributed by atoms with van der Waals surface area (Å²) in [7, 11) is 0. The molecule has 1 amide bonds. The van der Waals surface area contributed by atoms with Crippen molar-refractivity contribution in [1.82, 2.24) is 20.2 Å². The Kier molecular flexibility index (Phi) is 6.15. The van der Waals surface area contributed by atoms with Gasteiger partial charge < -0.3 is 10.6 Å². The molecule has 1 saturated heterocycles. The van der Waals surface area contributed by atoms with Crippen LogP contribution in [0.25, 0.3) is 10.9 Å². The highest BCUT2D eigenvalue weighted by molar-refractivity contribution is 9.10. The van der Waals surface area contributed by atoms with Gasteiger partial charge in [-0.1, -0.05) is 15.9 Å². The molecule has 0 aliphatic carbocycles. The molecule has 1 aromatic heterocycles. The zero-order chi connectivity index (χ0) is 15.5. The third-order valence-corrected chi connectivity index (χ3v) is 4.30. The summed E-state index contributed by atoms with van der Waals surface area (Å²) in [5.41, 5.74) is 0.417. The van der Waals surface area contributed by atoms with Crippen molar-refractivity contribution in [3.8, 4) is 0 Å². The van der Waals surface area contributed by atoms with E-state index in [-0.39, 0.29) is 30.4 Å². The maximum atomic E-state index is 12.4. The Morgan fingerprint density at radius 3 is 3.04 bits per heavy atom. The zero-order valence-corrected chi connectivity index (χ0v) is 14.8. The predicted octanol–water partition coefficient (Wildman–Crippen LogP) is 1.45. The number of nitrogens with one attached hydrogen (secondary N) is 2. The fourth-order valence-corrected chi connectivity index (χ4v) is 2.98. The molecular weight excluding hydrogens is 384 g/mol. The molecule has 8 heteroatoms. The van der Waals surface area contributed by atoms with Crippen molar-refractivity contribution in [2.75, 3.05) is 13.1 Å². The Morgan fingerprint density at radius 1 is 1.48 bits per heavy atom. The van der Waals surface area contributed by atoms with Crippen LogP contribution >= 0.6 is 28.3 Å². The Bertz CT molecular complexity index is 759. The van der Waals surface area contributed by atoms with Gasteiger partial charge in [0.1, 0.15) is 6.54 Å². The van der Waals surface area contributed by atoms with Gasteiger partial charge in [0.15, 0.2) is 0 Å². The van der Waals surface area contributed by atoms with E-state index >= 15 is 0 Å². The monoisotopic (exact) mass is 400 g/mol. The van der Waals surface area contributed by atoms with Gasteiger partial charge in [0.05, 0.1) is 17.2 Å². The molecule has 1 unspecified atom stereocenters. The lowest BCUT2D eigenvalue weighted by molar-refractivity contribution is -0.121. The molecule has 1 aromatic carbocycles. The standard InChI is InChI=1S/C15H17BrN4O2.ClH/c16-10-3-4-13-12(6-10)15(22)20(9-19-13)8-14(21)18-7-11-2-1-5-17-11;/h3-4,6,9,11,17H,1-2,5,7-8H2,(H,18,21);1H. The fraction of sp³-hybridized carbons (Fsp3) is 0.400. The van der Waals surface area contributed by atoms with Crippen LogP contribution in [0.15, 0.2) is 33.8 Å². The predicted molar refractivity (Wildman–Crippen MR) is 95.0 cm³/mol. The van der Waals surface area contributed by atoms with E-state index in [0.717, 1.165) is 23.9 Å². The first kappa shape index (κ1) is 17.9. The first-order valence-electron chi connectivity index (χ1n) is 7.28. The summed E-state index contributed by atoms with van der Waals surface area (Å²) in [6, 6.07) is 5.67. The van der Waals surface area contributed by atoms with Crippen LogP contribution in [-0.2, 0) is 11.3 Å². The van der Waals surface area contributed by atoms with Crippen molar-refractivity contribution < 1.29 is 4.79 Å². The van der Waals surface area contributed by atoms with Gasteiger partial charge >= 0.3 is 0 Å². The topological polar surface area (TPSA) is 76.0 Å². The minimum absolute atomic E-state index is 0. The molecule has 1 aliphatic heterocycles. The molecule has 0 saturated carbocycles. The van der Waals surface area contributed by atoms with Gasteiger partial charge in [0.2, 0.25) is 5.91 Å². The Balaban J connectivity index is 0.00000192. The number of aromatic nitrogens is 2. The van der Waals surface area contributed by atoms with Gasteiger partial charge in [0.25, 0.3) is 5.56 Å². The number of rotatable bonds is 4. The number of amides is 1. The molecule has 6 nitrogen and oxygen atoms in total. The van der Waals surface area contributed by atoms with Crippen LogP contribution in [-0.4, -0.2) is 34.6 Å². The highest BCUT2D eigenvalue weighted by Crippen LogP contribution is 2.14. The van der Waals surface area contributed by atoms with E-state index in [0.29, 0.717) is 23.5 Å². The SMILES string of the molecule is Cl.O=C(Cn1cnc2ccc(Br)cc2c1=O)NCC1CCCN1. The minimum Gasteiger partial charge on any atom is -0.353 e. The highest BCUT2D eigenvalue weighted by atomic mass is 79.9. The molecule has 1 fully saturated rings. The lowest BCUT2D eigenvalue weighted by Crippen LogP contribution is -2.39. The number of halogens is 2. The summed E-state index contributed by atoms with van der Waals surface area (Å²) in [5, 5.41) is 6.68. The van der Waals surface area contributed by atoms with Crippen LogP contribution in [0.3, 0.4) is 0 Å². The molecule has 3 rings (SSSR count). The van der Waals surface area contributed by atoms with Gasteiger partial charge in [-0.25, -0.2) is 4.98 Å². The van der Waals surface area contributed by atoms with Crippen molar-refractivity contribution in [1.29, 1.82) is 0 Å². The third-order valence-electron chi connectivity index (χ3n) is 3.81. The highest BCUT2D eigenvalue weighted by Gasteiger charge is 2.15. The van der Waals surface area contributed by atoms with Gasteiger partial charge in [-0.2, -0.15) is 0 Å². The van der Waals surface area contributed by atoms with Crippen molar-refractivity contribution >= 4 is 45.1 Å². The second kappa shape index (κ2) is 7.90. The lowest BCUT2D eigenvalue weighted by atomic mass is 10.2. The van der Waals surface area contributed by atoms with E-state index in [9.17, 15) is 9.59 Å². The minimum atomic E-state index is -0.208. The van der Waals surface area contributed by atoms with Crippen LogP contribution in [0.2, 0.25) is 0 Å². The van der Waals surface area contributed by atoms with E-state index in [1.165, 1.54) is 10.9 Å². The molecule has 2 aromatic rings. The first-order valence-corrected chi connectivity index (χ1v) is 8.07. The van der Waals surface area contributed by atoms with Crippen LogP contribution in [0.4, 0.5) is 0 Å². The number of carbonyl (C=O) groups excluding carboxylic acids is 1. The second-order valence-electron chi connectivity index (χ2n) is 5.44. The molecule has 124 valence electrons. The number of fused-ring (bicyclic) bond motifs is 1. The van der Waals surface area contributed by atoms with Gasteiger partial charge in [-0.3, -0.25) is 14.2 Å². The number of carbonyl (C=O) groups is 1. The zero-order valence-electron chi connectivity index (χ0n) is 12.4. The number of hydrogen-bond donors (Lipinski definition) is 2. The summed E-state index contributed by atoms with van der Waals surface area (Å²) in [6.45, 7) is 1.59. The quantitative estimate of drug-likeness (QED) is 0.813. The summed E-state index contributed by atoms with van der Waals surface area (Å²) >= 11 is 3.34. The lowest BCUT2D eigenvalue weighted by Gasteiger charge is -2.12. The Morgan fingerprint density at radius 2 is 2.30 bits per heavy atom. The first-order chi connectivity index (χ1) is 10.6. The molecule has 23 heavy (non-hydrogen) atoms. The maximum Gasteiger partial charge on any atom is 0.261 e. The molecule has 0 spiro atoms. The van der Waals surface area contributed by atoms with Gasteiger partial charge in [-0.15, -0.1) is 12.4 Å². The van der Waals surface area contributed by atoms with E-state index in [1.54, 1.807) is 12.1 Å². The summed E-state index contributed by atoms with van der Waals surface area (Å²) < 4.78 is 2.15. The van der Waals surface area contributed by atoms with Crippen molar-refractivity contribution in [2.24, 2.45) is 0 Å². The van der Waals surface area contributed by atoms with Crippen LogP contribution in [0.1, 0.15) is 12.8 Å². The molecule has 0 bridgehead atoms. The average Bonchev–Trinajstić information content (AvgIpc) is 3.02. The van der Waals surface area contributed by atoms with Gasteiger partial charge in [-0.05, 0) is 37.6 Å². The molecule has 0 radical (unpaired) electrons. The van der Waals surface area contributed by atoms with E-state index in [1.807, 2.05) is 6.07 Å². The van der Waals surface area contributed by atoms with E-state index < -0.39 is 0 Å². The maximum absolute atomic E-state index is 12.4. The van der Waals surface area contributed by atoms with Crippen molar-refractivity contribution in [3.05, 3.63) is 39.4 Å². The summed E-state index contributed by atoms with van der Waals surface area (Å²) in [5.74, 6) is -0.174. The molecule has 2 heterocycles. The Hall–Kier alpha value is -1.44. The van der Waals surface area contributed by atoms with Crippen molar-refractivity contribution in [3.63, 3.8) is 0 Å². The molecule has 1 atom stereocenters. The van der Waals surface area contributed by atoms with Crippen LogP contribution in [0, 0.1) is 0 Å². The third kappa shape index (κ3) is 4.31. The van der Waals surface area contributed by atoms with E-state index in [2.05, 4.69) is 31.5 Å². The molecular formula is C15H18BrClN4O2. The largest absolute Gasteiger partial charge is 0.353 e. The Labute approximate surface area is 148 Å². The molecule has 2 N–H and O–H groups in total. The molecule has 1 aliphatic rings. The van der Waals surface area contributed by atoms with Crippen molar-refractivity contribution in [2.45, 2.75) is 25.4 Å². The average molecular weight is 402 g/mol. The van der Waals surface area contributed by atoms with Crippen LogP contribution in [0.5, 0.6) is 0 Å².